The molecule has 4 aromatic rings. The summed E-state index contributed by atoms with van der Waals surface area (Å²) in [7, 11) is 0. The molecule has 4 rings (SSSR count). The number of aliphatic hydroxyl groups excluding tert-OH is 1. The minimum Gasteiger partial charge on any atom is -0.506 e. The van der Waals surface area contributed by atoms with E-state index < -0.39 is 18.2 Å². The molecule has 0 fully saturated rings. The van der Waals surface area contributed by atoms with E-state index in [-0.39, 0.29) is 11.3 Å². The largest absolute Gasteiger partial charge is 0.506 e. The number of aromatic amines is 1. The highest BCUT2D eigenvalue weighted by atomic mass is 79.9. The average Bonchev–Trinajstić information content (AvgIpc) is 3.00. The fourth-order valence-electron chi connectivity index (χ4n) is 5.29. The van der Waals surface area contributed by atoms with Crippen LogP contribution in [0.15, 0.2) is 82.1 Å². The van der Waals surface area contributed by atoms with Crippen molar-refractivity contribution in [1.29, 1.82) is 0 Å². The second-order valence-corrected chi connectivity index (χ2v) is 11.8. The van der Waals surface area contributed by atoms with Gasteiger partial charge in [0, 0.05) is 22.5 Å². The molecule has 3 aromatic carbocycles. The Morgan fingerprint density at radius 3 is 2.36 bits per heavy atom. The van der Waals surface area contributed by atoms with Crippen LogP contribution in [0, 0.1) is 0 Å². The van der Waals surface area contributed by atoms with Crippen molar-refractivity contribution in [2.24, 2.45) is 0 Å². The number of carboxylic acid groups (broad SMARTS) is 1. The quantitative estimate of drug-likeness (QED) is 0.0682. The minimum absolute atomic E-state index is 0.0166. The highest BCUT2D eigenvalue weighted by Gasteiger charge is 2.18. The SMILES string of the molecule is O=C(O)NC(c1ccccc1)c1cc(Br)cc(OCCCCCCCCCNC[C@H](O)c2ccc(O)c3[nH]c(=O)ccc23)c1. The normalized spacial score (nSPS) is 12.6. The third kappa shape index (κ3) is 9.83. The highest BCUT2D eigenvalue weighted by molar-refractivity contribution is 9.10. The summed E-state index contributed by atoms with van der Waals surface area (Å²) in [4.78, 5) is 25.7. The number of nitrogens with one attached hydrogen (secondary N) is 3. The molecular weight excluding hydrogens is 626 g/mol. The van der Waals surface area contributed by atoms with Gasteiger partial charge in [-0.25, -0.2) is 4.79 Å². The number of benzene rings is 3. The first-order valence-electron chi connectivity index (χ1n) is 15.0. The Labute approximate surface area is 265 Å². The summed E-state index contributed by atoms with van der Waals surface area (Å²) in [5, 5.41) is 36.6. The minimum atomic E-state index is -1.09. The van der Waals surface area contributed by atoms with Gasteiger partial charge in [0.05, 0.1) is 24.3 Å². The van der Waals surface area contributed by atoms with Gasteiger partial charge in [0.1, 0.15) is 11.5 Å². The third-order valence-corrected chi connectivity index (χ3v) is 7.96. The van der Waals surface area contributed by atoms with Crippen LogP contribution >= 0.6 is 15.9 Å². The molecule has 10 heteroatoms. The van der Waals surface area contributed by atoms with Crippen molar-refractivity contribution in [3.05, 3.63) is 104 Å². The van der Waals surface area contributed by atoms with Gasteiger partial charge in [-0.05, 0) is 66.4 Å². The van der Waals surface area contributed by atoms with Gasteiger partial charge in [-0.2, -0.15) is 0 Å². The summed E-state index contributed by atoms with van der Waals surface area (Å²) in [5.74, 6) is 0.686. The number of ether oxygens (including phenoxy) is 1. The molecule has 0 aliphatic rings. The Kier molecular flexibility index (Phi) is 12.6. The number of unbranched alkanes of at least 4 members (excludes halogenated alkanes) is 6. The standard InChI is InChI=1S/C34H40BrN3O6/c35-25-19-24(32(38-34(42)43)23-11-7-6-8-12-23)20-26(21-25)44-18-10-5-3-1-2-4-9-17-36-22-30(40)27-13-15-29(39)33-28(27)14-16-31(41)37-33/h6-8,11-16,19-21,30,32,36,38-40H,1-5,9-10,17-18,22H2,(H,37,41)(H,42,43)/t30-,32?/m0/s1. The van der Waals surface area contributed by atoms with Crippen molar-refractivity contribution in [3.63, 3.8) is 0 Å². The number of hydrogen-bond acceptors (Lipinski definition) is 6. The zero-order valence-electron chi connectivity index (χ0n) is 24.6. The molecule has 1 amide bonds. The van der Waals surface area contributed by atoms with E-state index in [1.807, 2.05) is 48.5 Å². The van der Waals surface area contributed by atoms with Gasteiger partial charge in [-0.3, -0.25) is 4.79 Å². The molecule has 0 radical (unpaired) electrons. The monoisotopic (exact) mass is 665 g/mol. The molecule has 0 saturated carbocycles. The summed E-state index contributed by atoms with van der Waals surface area (Å²) < 4.78 is 6.84. The maximum atomic E-state index is 11.6. The molecule has 1 aromatic heterocycles. The Bertz CT molecular complexity index is 1560. The molecule has 0 aliphatic heterocycles. The number of amides is 1. The van der Waals surface area contributed by atoms with E-state index in [0.717, 1.165) is 67.1 Å². The first-order valence-corrected chi connectivity index (χ1v) is 15.8. The predicted octanol–water partition coefficient (Wildman–Crippen LogP) is 6.79. The molecule has 44 heavy (non-hydrogen) atoms. The summed E-state index contributed by atoms with van der Waals surface area (Å²) in [6.45, 7) is 1.79. The number of halogens is 1. The molecular formula is C34H40BrN3O6. The van der Waals surface area contributed by atoms with E-state index in [9.17, 15) is 24.9 Å². The second-order valence-electron chi connectivity index (χ2n) is 10.8. The van der Waals surface area contributed by atoms with Crippen LogP contribution in [0.1, 0.15) is 73.8 Å². The van der Waals surface area contributed by atoms with Crippen molar-refractivity contribution in [1.82, 2.24) is 15.6 Å². The van der Waals surface area contributed by atoms with Crippen LogP contribution in [0.5, 0.6) is 11.5 Å². The molecule has 234 valence electrons. The molecule has 2 atom stereocenters. The highest BCUT2D eigenvalue weighted by Crippen LogP contribution is 2.30. The van der Waals surface area contributed by atoms with Gasteiger partial charge in [0.2, 0.25) is 5.56 Å². The van der Waals surface area contributed by atoms with Crippen molar-refractivity contribution in [3.8, 4) is 11.5 Å². The van der Waals surface area contributed by atoms with E-state index in [1.165, 1.54) is 12.1 Å². The smallest absolute Gasteiger partial charge is 0.405 e. The van der Waals surface area contributed by atoms with Gasteiger partial charge < -0.3 is 35.7 Å². The van der Waals surface area contributed by atoms with Crippen molar-refractivity contribution in [2.45, 2.75) is 57.1 Å². The number of aromatic nitrogens is 1. The van der Waals surface area contributed by atoms with Crippen LogP contribution < -0.4 is 20.9 Å². The van der Waals surface area contributed by atoms with E-state index in [2.05, 4.69) is 31.5 Å². The maximum absolute atomic E-state index is 11.6. The zero-order valence-corrected chi connectivity index (χ0v) is 26.2. The van der Waals surface area contributed by atoms with Crippen LogP contribution in [0.3, 0.4) is 0 Å². The number of aliphatic hydroxyl groups is 1. The number of fused-ring (bicyclic) bond motifs is 1. The topological polar surface area (TPSA) is 144 Å². The Morgan fingerprint density at radius 1 is 0.886 bits per heavy atom. The lowest BCUT2D eigenvalue weighted by Gasteiger charge is -2.19. The number of rotatable bonds is 17. The Morgan fingerprint density at radius 2 is 1.61 bits per heavy atom. The number of hydrogen-bond donors (Lipinski definition) is 6. The molecule has 0 bridgehead atoms. The molecule has 9 nitrogen and oxygen atoms in total. The lowest BCUT2D eigenvalue weighted by Crippen LogP contribution is -2.27. The average molecular weight is 667 g/mol. The maximum Gasteiger partial charge on any atom is 0.405 e. The number of carbonyl (C=O) groups is 1. The molecule has 1 unspecified atom stereocenters. The predicted molar refractivity (Wildman–Crippen MR) is 175 cm³/mol. The van der Waals surface area contributed by atoms with E-state index in [1.54, 1.807) is 12.1 Å². The second kappa shape index (κ2) is 16.8. The van der Waals surface area contributed by atoms with Gasteiger partial charge in [0.25, 0.3) is 0 Å². The summed E-state index contributed by atoms with van der Waals surface area (Å²) in [6, 6.07) is 20.9. The molecule has 1 heterocycles. The Hall–Kier alpha value is -3.86. The van der Waals surface area contributed by atoms with Gasteiger partial charge >= 0.3 is 6.09 Å². The van der Waals surface area contributed by atoms with Crippen molar-refractivity contribution in [2.75, 3.05) is 19.7 Å². The van der Waals surface area contributed by atoms with Crippen LogP contribution in [0.4, 0.5) is 4.79 Å². The van der Waals surface area contributed by atoms with Gasteiger partial charge in [-0.1, -0.05) is 84.4 Å². The fourth-order valence-corrected chi connectivity index (χ4v) is 5.78. The molecule has 0 aliphatic carbocycles. The van der Waals surface area contributed by atoms with Crippen molar-refractivity contribution < 1.29 is 24.9 Å². The van der Waals surface area contributed by atoms with Crippen LogP contribution in [0.2, 0.25) is 0 Å². The van der Waals surface area contributed by atoms with Crippen LogP contribution in [-0.2, 0) is 0 Å². The molecule has 0 spiro atoms. The first kappa shape index (κ1) is 33.0. The zero-order chi connectivity index (χ0) is 31.3. The summed E-state index contributed by atoms with van der Waals surface area (Å²) in [6.07, 6.45) is 5.74. The fraction of sp³-hybridized carbons (Fsp3) is 0.353. The first-order chi connectivity index (χ1) is 21.3. The van der Waals surface area contributed by atoms with E-state index >= 15 is 0 Å². The van der Waals surface area contributed by atoms with E-state index in [4.69, 9.17) is 4.74 Å². The lowest BCUT2D eigenvalue weighted by molar-refractivity contribution is 0.176. The molecule has 6 N–H and O–H groups in total. The number of phenols is 1. The van der Waals surface area contributed by atoms with Gasteiger partial charge in [0.15, 0.2) is 0 Å². The van der Waals surface area contributed by atoms with Crippen LogP contribution in [-0.4, -0.2) is 46.1 Å². The number of phenolic OH excluding ortho intramolecular Hbond substituents is 1. The lowest BCUT2D eigenvalue weighted by atomic mass is 9.98. The van der Waals surface area contributed by atoms with Crippen molar-refractivity contribution >= 4 is 32.9 Å². The third-order valence-electron chi connectivity index (χ3n) is 7.50. The number of aromatic hydroxyl groups is 1. The Balaban J connectivity index is 1.09. The number of pyridine rings is 1. The number of H-pyrrole nitrogens is 1. The van der Waals surface area contributed by atoms with E-state index in [0.29, 0.717) is 35.4 Å². The molecule has 0 saturated heterocycles. The summed E-state index contributed by atoms with van der Waals surface area (Å²) in [5.41, 5.74) is 2.36. The van der Waals surface area contributed by atoms with Crippen LogP contribution in [0.25, 0.3) is 10.9 Å². The summed E-state index contributed by atoms with van der Waals surface area (Å²) >= 11 is 3.53. The van der Waals surface area contributed by atoms with Gasteiger partial charge in [-0.15, -0.1) is 0 Å².